The molecule has 1 aliphatic heterocycles. The first-order valence-electron chi connectivity index (χ1n) is 7.74. The number of aromatic nitrogens is 1. The Balaban J connectivity index is 1.81. The molecular weight excluding hydrogens is 260 g/mol. The number of pyridine rings is 1. The minimum Gasteiger partial charge on any atom is -0.493 e. The normalized spacial score (nSPS) is 14.5. The van der Waals surface area contributed by atoms with Gasteiger partial charge in [0.15, 0.2) is 0 Å². The van der Waals surface area contributed by atoms with Crippen LogP contribution >= 0.6 is 0 Å². The minimum atomic E-state index is 0.333. The fourth-order valence-corrected chi connectivity index (χ4v) is 2.80. The van der Waals surface area contributed by atoms with Crippen LogP contribution in [0.1, 0.15) is 36.1 Å². The largest absolute Gasteiger partial charge is 0.493 e. The summed E-state index contributed by atoms with van der Waals surface area (Å²) >= 11 is 0. The maximum atomic E-state index is 5.60. The van der Waals surface area contributed by atoms with E-state index in [1.807, 2.05) is 18.5 Å². The summed E-state index contributed by atoms with van der Waals surface area (Å²) in [5.41, 5.74) is 3.95. The van der Waals surface area contributed by atoms with Crippen LogP contribution in [0.2, 0.25) is 0 Å². The van der Waals surface area contributed by atoms with E-state index in [4.69, 9.17) is 4.74 Å². The molecule has 0 saturated carbocycles. The van der Waals surface area contributed by atoms with Gasteiger partial charge in [0.25, 0.3) is 0 Å². The van der Waals surface area contributed by atoms with Crippen molar-refractivity contribution >= 4 is 0 Å². The van der Waals surface area contributed by atoms with Gasteiger partial charge in [-0.05, 0) is 48.2 Å². The Morgan fingerprint density at radius 3 is 3.10 bits per heavy atom. The van der Waals surface area contributed by atoms with Crippen molar-refractivity contribution in [2.45, 2.75) is 32.2 Å². The summed E-state index contributed by atoms with van der Waals surface area (Å²) in [7, 11) is 0. The van der Waals surface area contributed by atoms with Crippen LogP contribution in [0.5, 0.6) is 5.75 Å². The number of hydrogen-bond donors (Lipinski definition) is 1. The molecule has 0 bridgehead atoms. The average molecular weight is 282 g/mol. The predicted octanol–water partition coefficient (Wildman–Crippen LogP) is 3.30. The summed E-state index contributed by atoms with van der Waals surface area (Å²) in [5.74, 6) is 1.05. The molecule has 1 aliphatic rings. The quantitative estimate of drug-likeness (QED) is 0.882. The Morgan fingerprint density at radius 1 is 1.33 bits per heavy atom. The number of nitrogens with zero attached hydrogens (tertiary/aromatic N) is 1. The highest BCUT2D eigenvalue weighted by Crippen LogP contribution is 2.29. The fourth-order valence-electron chi connectivity index (χ4n) is 2.80. The van der Waals surface area contributed by atoms with Crippen molar-refractivity contribution in [1.82, 2.24) is 10.3 Å². The molecule has 1 atom stereocenters. The van der Waals surface area contributed by atoms with Gasteiger partial charge in [-0.1, -0.05) is 25.1 Å². The number of nitrogens with one attached hydrogen (secondary N) is 1. The number of ether oxygens (including phenoxy) is 1. The molecule has 110 valence electrons. The van der Waals surface area contributed by atoms with Gasteiger partial charge in [0.1, 0.15) is 5.75 Å². The number of fused-ring (bicyclic) bond motifs is 1. The predicted molar refractivity (Wildman–Crippen MR) is 84.6 cm³/mol. The molecule has 2 aromatic rings. The summed E-state index contributed by atoms with van der Waals surface area (Å²) in [6, 6.07) is 11.1. The standard InChI is InChI=1S/C18H22N2O/c1-2-8-20-17(11-14-4-3-9-19-13-14)15-5-6-18-16(12-15)7-10-21-18/h3-6,9,12-13,17,20H,2,7-8,10-11H2,1H3. The SMILES string of the molecule is CCCNC(Cc1cccnc1)c1ccc2c(c1)CCO2. The van der Waals surface area contributed by atoms with Crippen LogP contribution in [0.3, 0.4) is 0 Å². The first kappa shape index (κ1) is 14.1. The van der Waals surface area contributed by atoms with Gasteiger partial charge in [0, 0.05) is 24.9 Å². The van der Waals surface area contributed by atoms with Crippen LogP contribution in [-0.4, -0.2) is 18.1 Å². The molecule has 1 N–H and O–H groups in total. The molecule has 0 saturated heterocycles. The topological polar surface area (TPSA) is 34.2 Å². The number of rotatable bonds is 6. The second kappa shape index (κ2) is 6.72. The Labute approximate surface area is 126 Å². The monoisotopic (exact) mass is 282 g/mol. The van der Waals surface area contributed by atoms with Crippen molar-refractivity contribution in [1.29, 1.82) is 0 Å². The lowest BCUT2D eigenvalue weighted by molar-refractivity contribution is 0.356. The highest BCUT2D eigenvalue weighted by molar-refractivity contribution is 5.41. The van der Waals surface area contributed by atoms with E-state index in [0.717, 1.165) is 38.2 Å². The van der Waals surface area contributed by atoms with E-state index >= 15 is 0 Å². The van der Waals surface area contributed by atoms with Gasteiger partial charge in [-0.3, -0.25) is 4.98 Å². The summed E-state index contributed by atoms with van der Waals surface area (Å²) in [6.07, 6.45) is 6.91. The molecule has 2 heterocycles. The molecule has 21 heavy (non-hydrogen) atoms. The highest BCUT2D eigenvalue weighted by Gasteiger charge is 2.17. The Morgan fingerprint density at radius 2 is 2.29 bits per heavy atom. The Hall–Kier alpha value is -1.87. The first-order valence-corrected chi connectivity index (χ1v) is 7.74. The molecule has 3 nitrogen and oxygen atoms in total. The first-order chi connectivity index (χ1) is 10.4. The van der Waals surface area contributed by atoms with Gasteiger partial charge in [-0.2, -0.15) is 0 Å². The lowest BCUT2D eigenvalue weighted by Gasteiger charge is -2.19. The molecule has 0 amide bonds. The van der Waals surface area contributed by atoms with E-state index < -0.39 is 0 Å². The molecule has 3 heteroatoms. The second-order valence-corrected chi connectivity index (χ2v) is 5.54. The lowest BCUT2D eigenvalue weighted by atomic mass is 9.97. The summed E-state index contributed by atoms with van der Waals surface area (Å²) in [5, 5.41) is 3.66. The fraction of sp³-hybridized carbons (Fsp3) is 0.389. The van der Waals surface area contributed by atoms with Crippen LogP contribution < -0.4 is 10.1 Å². The lowest BCUT2D eigenvalue weighted by Crippen LogP contribution is -2.24. The van der Waals surface area contributed by atoms with E-state index in [1.165, 1.54) is 16.7 Å². The van der Waals surface area contributed by atoms with Crippen LogP contribution in [0.15, 0.2) is 42.7 Å². The van der Waals surface area contributed by atoms with Crippen LogP contribution in [0.4, 0.5) is 0 Å². The van der Waals surface area contributed by atoms with Crippen LogP contribution in [0, 0.1) is 0 Å². The average Bonchev–Trinajstić information content (AvgIpc) is 3.00. The summed E-state index contributed by atoms with van der Waals surface area (Å²) in [6.45, 7) is 4.04. The van der Waals surface area contributed by atoms with Crippen molar-refractivity contribution in [3.05, 3.63) is 59.4 Å². The van der Waals surface area contributed by atoms with E-state index in [2.05, 4.69) is 41.5 Å². The zero-order chi connectivity index (χ0) is 14.5. The van der Waals surface area contributed by atoms with E-state index in [0.29, 0.717) is 6.04 Å². The highest BCUT2D eigenvalue weighted by atomic mass is 16.5. The molecule has 1 aromatic carbocycles. The van der Waals surface area contributed by atoms with Crippen LogP contribution in [0.25, 0.3) is 0 Å². The molecule has 0 spiro atoms. The molecule has 3 rings (SSSR count). The van der Waals surface area contributed by atoms with Gasteiger partial charge in [-0.15, -0.1) is 0 Å². The van der Waals surface area contributed by atoms with Crippen molar-refractivity contribution in [3.8, 4) is 5.75 Å². The third kappa shape index (κ3) is 3.42. The number of benzene rings is 1. The third-order valence-electron chi connectivity index (χ3n) is 3.92. The maximum Gasteiger partial charge on any atom is 0.122 e. The smallest absolute Gasteiger partial charge is 0.122 e. The molecule has 0 aliphatic carbocycles. The summed E-state index contributed by atoms with van der Waals surface area (Å²) in [4.78, 5) is 4.22. The van der Waals surface area contributed by atoms with Gasteiger partial charge in [0.2, 0.25) is 0 Å². The maximum absolute atomic E-state index is 5.60. The second-order valence-electron chi connectivity index (χ2n) is 5.54. The third-order valence-corrected chi connectivity index (χ3v) is 3.92. The number of hydrogen-bond acceptors (Lipinski definition) is 3. The molecule has 0 radical (unpaired) electrons. The zero-order valence-corrected chi connectivity index (χ0v) is 12.5. The Bertz CT molecular complexity index is 583. The zero-order valence-electron chi connectivity index (χ0n) is 12.5. The van der Waals surface area contributed by atoms with Crippen molar-refractivity contribution < 1.29 is 4.74 Å². The van der Waals surface area contributed by atoms with E-state index in [1.54, 1.807) is 0 Å². The van der Waals surface area contributed by atoms with Crippen molar-refractivity contribution in [3.63, 3.8) is 0 Å². The van der Waals surface area contributed by atoms with E-state index in [9.17, 15) is 0 Å². The Kier molecular flexibility index (Phi) is 4.51. The van der Waals surface area contributed by atoms with Crippen molar-refractivity contribution in [2.75, 3.05) is 13.2 Å². The van der Waals surface area contributed by atoms with Gasteiger partial charge in [0.05, 0.1) is 6.61 Å². The van der Waals surface area contributed by atoms with Gasteiger partial charge >= 0.3 is 0 Å². The molecule has 1 aromatic heterocycles. The van der Waals surface area contributed by atoms with E-state index in [-0.39, 0.29) is 0 Å². The van der Waals surface area contributed by atoms with Gasteiger partial charge < -0.3 is 10.1 Å². The molecule has 0 fully saturated rings. The summed E-state index contributed by atoms with van der Waals surface area (Å²) < 4.78 is 5.60. The van der Waals surface area contributed by atoms with Gasteiger partial charge in [-0.25, -0.2) is 0 Å². The van der Waals surface area contributed by atoms with Crippen molar-refractivity contribution in [2.24, 2.45) is 0 Å². The van der Waals surface area contributed by atoms with Crippen LogP contribution in [-0.2, 0) is 12.8 Å². The molecule has 1 unspecified atom stereocenters. The molecular formula is C18H22N2O. The minimum absolute atomic E-state index is 0.333.